The molecule has 1 aromatic carbocycles. The Morgan fingerprint density at radius 2 is 1.89 bits per heavy atom. The summed E-state index contributed by atoms with van der Waals surface area (Å²) in [6.45, 7) is 1.81. The van der Waals surface area contributed by atoms with E-state index in [0.29, 0.717) is 16.5 Å². The molecular formula is C14H21NO2S. The molecule has 0 aromatic heterocycles. The third-order valence-electron chi connectivity index (χ3n) is 3.71. The van der Waals surface area contributed by atoms with E-state index in [-0.39, 0.29) is 5.75 Å². The van der Waals surface area contributed by atoms with Crippen molar-refractivity contribution < 1.29 is 8.42 Å². The molecule has 0 saturated heterocycles. The maximum absolute atomic E-state index is 12.4. The summed E-state index contributed by atoms with van der Waals surface area (Å²) in [4.78, 5) is 0.447. The highest BCUT2D eigenvalue weighted by molar-refractivity contribution is 7.91. The SMILES string of the molecule is Cc1cc(N)ccc1S(=O)(=O)CC1CCCCC1. The third kappa shape index (κ3) is 3.05. The fourth-order valence-corrected chi connectivity index (χ4v) is 4.73. The number of hydrogen-bond acceptors (Lipinski definition) is 3. The maximum atomic E-state index is 12.4. The lowest BCUT2D eigenvalue weighted by Crippen LogP contribution is -2.19. The number of nitrogens with two attached hydrogens (primary N) is 1. The van der Waals surface area contributed by atoms with Crippen LogP contribution in [0.4, 0.5) is 5.69 Å². The summed E-state index contributed by atoms with van der Waals surface area (Å²) in [7, 11) is -3.16. The molecule has 0 amide bonds. The van der Waals surface area contributed by atoms with E-state index in [1.165, 1.54) is 19.3 Å². The minimum Gasteiger partial charge on any atom is -0.399 e. The molecule has 1 aliphatic carbocycles. The molecule has 1 fully saturated rings. The van der Waals surface area contributed by atoms with Crippen LogP contribution in [0.15, 0.2) is 23.1 Å². The molecule has 0 radical (unpaired) electrons. The van der Waals surface area contributed by atoms with Crippen molar-refractivity contribution in [1.82, 2.24) is 0 Å². The molecule has 1 saturated carbocycles. The van der Waals surface area contributed by atoms with Crippen LogP contribution in [-0.2, 0) is 9.84 Å². The molecule has 1 aliphatic rings. The smallest absolute Gasteiger partial charge is 0.178 e. The van der Waals surface area contributed by atoms with Gasteiger partial charge in [0.05, 0.1) is 10.6 Å². The van der Waals surface area contributed by atoms with Crippen molar-refractivity contribution in [2.24, 2.45) is 5.92 Å². The predicted octanol–water partition coefficient (Wildman–Crippen LogP) is 2.93. The molecule has 18 heavy (non-hydrogen) atoms. The summed E-state index contributed by atoms with van der Waals surface area (Å²) in [5.41, 5.74) is 7.03. The lowest BCUT2D eigenvalue weighted by molar-refractivity contribution is 0.385. The molecule has 3 nitrogen and oxygen atoms in total. The summed E-state index contributed by atoms with van der Waals surface area (Å²) in [5.74, 6) is 0.623. The Morgan fingerprint density at radius 1 is 1.22 bits per heavy atom. The molecule has 4 heteroatoms. The Balaban J connectivity index is 2.19. The van der Waals surface area contributed by atoms with Gasteiger partial charge in [0.25, 0.3) is 0 Å². The van der Waals surface area contributed by atoms with Crippen molar-refractivity contribution in [3.05, 3.63) is 23.8 Å². The van der Waals surface area contributed by atoms with Gasteiger partial charge in [-0.3, -0.25) is 0 Å². The average Bonchev–Trinajstić information content (AvgIpc) is 2.29. The second kappa shape index (κ2) is 5.31. The molecule has 0 bridgehead atoms. The second-order valence-electron chi connectivity index (χ2n) is 5.31. The second-order valence-corrected chi connectivity index (χ2v) is 7.31. The van der Waals surface area contributed by atoms with Crippen LogP contribution in [0.3, 0.4) is 0 Å². The number of benzene rings is 1. The lowest BCUT2D eigenvalue weighted by Gasteiger charge is -2.21. The Hall–Kier alpha value is -1.03. The van der Waals surface area contributed by atoms with Gasteiger partial charge in [0.2, 0.25) is 0 Å². The Bertz CT molecular complexity index is 517. The minimum atomic E-state index is -3.16. The van der Waals surface area contributed by atoms with Gasteiger partial charge in [-0.2, -0.15) is 0 Å². The van der Waals surface area contributed by atoms with E-state index in [1.807, 2.05) is 6.92 Å². The molecule has 0 unspecified atom stereocenters. The first-order valence-electron chi connectivity index (χ1n) is 6.58. The number of sulfone groups is 1. The Morgan fingerprint density at radius 3 is 2.50 bits per heavy atom. The van der Waals surface area contributed by atoms with Crippen LogP contribution in [0, 0.1) is 12.8 Å². The number of rotatable bonds is 3. The average molecular weight is 267 g/mol. The first-order valence-corrected chi connectivity index (χ1v) is 8.23. The number of aryl methyl sites for hydroxylation is 1. The summed E-state index contributed by atoms with van der Waals surface area (Å²) < 4.78 is 24.8. The maximum Gasteiger partial charge on any atom is 0.178 e. The normalized spacial score (nSPS) is 17.8. The van der Waals surface area contributed by atoms with Crippen molar-refractivity contribution in [3.63, 3.8) is 0 Å². The molecule has 100 valence electrons. The van der Waals surface area contributed by atoms with Gasteiger partial charge >= 0.3 is 0 Å². The van der Waals surface area contributed by atoms with Gasteiger partial charge in [-0.15, -0.1) is 0 Å². The number of anilines is 1. The Labute approximate surface area is 109 Å². The van der Waals surface area contributed by atoms with Gasteiger partial charge in [-0.05, 0) is 49.4 Å². The van der Waals surface area contributed by atoms with E-state index in [9.17, 15) is 8.42 Å². The zero-order valence-corrected chi connectivity index (χ0v) is 11.7. The first kappa shape index (κ1) is 13.4. The highest BCUT2D eigenvalue weighted by atomic mass is 32.2. The summed E-state index contributed by atoms with van der Waals surface area (Å²) in [6, 6.07) is 5.04. The highest BCUT2D eigenvalue weighted by Gasteiger charge is 2.24. The predicted molar refractivity (Wildman–Crippen MR) is 74.2 cm³/mol. The van der Waals surface area contributed by atoms with Crippen LogP contribution in [0.2, 0.25) is 0 Å². The summed E-state index contributed by atoms with van der Waals surface area (Å²) in [5, 5.41) is 0. The zero-order chi connectivity index (χ0) is 13.2. The fraction of sp³-hybridized carbons (Fsp3) is 0.571. The van der Waals surface area contributed by atoms with Crippen LogP contribution < -0.4 is 5.73 Å². The van der Waals surface area contributed by atoms with Gasteiger partial charge in [0, 0.05) is 5.69 Å². The standard InChI is InChI=1S/C14H21NO2S/c1-11-9-13(15)7-8-14(11)18(16,17)10-12-5-3-2-4-6-12/h7-9,12H,2-6,10,15H2,1H3. The van der Waals surface area contributed by atoms with Crippen molar-refractivity contribution in [2.75, 3.05) is 11.5 Å². The van der Waals surface area contributed by atoms with Gasteiger partial charge in [0.1, 0.15) is 0 Å². The monoisotopic (exact) mass is 267 g/mol. The van der Waals surface area contributed by atoms with Crippen LogP contribution in [-0.4, -0.2) is 14.2 Å². The van der Waals surface area contributed by atoms with Crippen LogP contribution >= 0.6 is 0 Å². The van der Waals surface area contributed by atoms with Crippen LogP contribution in [0.5, 0.6) is 0 Å². The van der Waals surface area contributed by atoms with E-state index in [2.05, 4.69) is 0 Å². The highest BCUT2D eigenvalue weighted by Crippen LogP contribution is 2.28. The van der Waals surface area contributed by atoms with Gasteiger partial charge in [-0.1, -0.05) is 19.3 Å². The van der Waals surface area contributed by atoms with E-state index in [1.54, 1.807) is 18.2 Å². The topological polar surface area (TPSA) is 60.2 Å². The molecule has 2 rings (SSSR count). The quantitative estimate of drug-likeness (QED) is 0.857. The summed E-state index contributed by atoms with van der Waals surface area (Å²) in [6.07, 6.45) is 5.68. The first-order chi connectivity index (χ1) is 8.49. The van der Waals surface area contributed by atoms with Gasteiger partial charge < -0.3 is 5.73 Å². The van der Waals surface area contributed by atoms with E-state index < -0.39 is 9.84 Å². The minimum absolute atomic E-state index is 0.289. The molecule has 0 atom stereocenters. The van der Waals surface area contributed by atoms with E-state index >= 15 is 0 Å². The van der Waals surface area contributed by atoms with Crippen LogP contribution in [0.25, 0.3) is 0 Å². The van der Waals surface area contributed by atoms with Gasteiger partial charge in [0.15, 0.2) is 9.84 Å². The number of hydrogen-bond donors (Lipinski definition) is 1. The van der Waals surface area contributed by atoms with Crippen molar-refractivity contribution in [3.8, 4) is 0 Å². The largest absolute Gasteiger partial charge is 0.399 e. The molecule has 1 aromatic rings. The van der Waals surface area contributed by atoms with Crippen molar-refractivity contribution in [1.29, 1.82) is 0 Å². The molecule has 0 spiro atoms. The lowest BCUT2D eigenvalue weighted by atomic mass is 9.91. The summed E-state index contributed by atoms with van der Waals surface area (Å²) >= 11 is 0. The molecular weight excluding hydrogens is 246 g/mol. The number of nitrogen functional groups attached to an aromatic ring is 1. The molecule has 0 aliphatic heterocycles. The van der Waals surface area contributed by atoms with Crippen molar-refractivity contribution in [2.45, 2.75) is 43.9 Å². The molecule has 2 N–H and O–H groups in total. The molecule has 0 heterocycles. The van der Waals surface area contributed by atoms with E-state index in [4.69, 9.17) is 5.73 Å². The van der Waals surface area contributed by atoms with Gasteiger partial charge in [-0.25, -0.2) is 8.42 Å². The van der Waals surface area contributed by atoms with Crippen molar-refractivity contribution >= 4 is 15.5 Å². The third-order valence-corrected chi connectivity index (χ3v) is 5.75. The zero-order valence-electron chi connectivity index (χ0n) is 10.9. The fourth-order valence-electron chi connectivity index (χ4n) is 2.78. The van der Waals surface area contributed by atoms with E-state index in [0.717, 1.165) is 18.4 Å². The van der Waals surface area contributed by atoms with Crippen LogP contribution in [0.1, 0.15) is 37.7 Å². The Kier molecular flexibility index (Phi) is 3.95.